The molecule has 1 rings (SSSR count). The Kier molecular flexibility index (Phi) is 2.77. The van der Waals surface area contributed by atoms with Crippen molar-refractivity contribution >= 4 is 0 Å². The smallest absolute Gasteiger partial charge is 0.0761 e. The van der Waals surface area contributed by atoms with Gasteiger partial charge in [0.25, 0.3) is 0 Å². The predicted molar refractivity (Wildman–Crippen MR) is 55.8 cm³/mol. The lowest BCUT2D eigenvalue weighted by Gasteiger charge is -2.19. The molecule has 1 aromatic rings. The van der Waals surface area contributed by atoms with Gasteiger partial charge in [0, 0.05) is 0 Å². The Balaban J connectivity index is 2.94. The van der Waals surface area contributed by atoms with Crippen LogP contribution in [0.25, 0.3) is 0 Å². The van der Waals surface area contributed by atoms with E-state index in [9.17, 15) is 5.11 Å². The summed E-state index contributed by atoms with van der Waals surface area (Å²) in [4.78, 5) is 0. The molecule has 0 amide bonds. The Morgan fingerprint density at radius 3 is 1.85 bits per heavy atom. The second-order valence-electron chi connectivity index (χ2n) is 4.55. The molecule has 1 N–H and O–H groups in total. The summed E-state index contributed by atoms with van der Waals surface area (Å²) in [6, 6.07) is 8.15. The minimum Gasteiger partial charge on any atom is -0.389 e. The molecule has 0 spiro atoms. The molecule has 0 aliphatic heterocycles. The molecule has 0 bridgehead atoms. The maximum absolute atomic E-state index is 9.32. The fourth-order valence-electron chi connectivity index (χ4n) is 1.26. The first-order valence-corrected chi connectivity index (χ1v) is 4.70. The van der Waals surface area contributed by atoms with Crippen LogP contribution in [0.4, 0.5) is 0 Å². The van der Waals surface area contributed by atoms with Crippen molar-refractivity contribution in [3.8, 4) is 0 Å². The maximum atomic E-state index is 9.32. The van der Waals surface area contributed by atoms with Crippen molar-refractivity contribution in [1.29, 1.82) is 0 Å². The van der Waals surface area contributed by atoms with Gasteiger partial charge in [0.2, 0.25) is 0 Å². The van der Waals surface area contributed by atoms with E-state index in [2.05, 4.69) is 32.9 Å². The molecule has 0 aliphatic rings. The minimum atomic E-state index is -0.367. The van der Waals surface area contributed by atoms with E-state index < -0.39 is 0 Å². The zero-order chi connectivity index (χ0) is 10.1. The normalized spacial score (nSPS) is 14.2. The van der Waals surface area contributed by atoms with Crippen LogP contribution in [0.1, 0.15) is 44.9 Å². The zero-order valence-electron chi connectivity index (χ0n) is 8.83. The molecule has 1 nitrogen and oxygen atoms in total. The highest BCUT2D eigenvalue weighted by Gasteiger charge is 2.13. The molecule has 0 radical (unpaired) electrons. The summed E-state index contributed by atoms with van der Waals surface area (Å²) >= 11 is 0. The topological polar surface area (TPSA) is 20.2 Å². The quantitative estimate of drug-likeness (QED) is 0.700. The van der Waals surface area contributed by atoms with Gasteiger partial charge in [0.05, 0.1) is 6.10 Å². The molecule has 13 heavy (non-hydrogen) atoms. The number of aliphatic hydroxyl groups is 1. The minimum absolute atomic E-state index is 0.192. The van der Waals surface area contributed by atoms with E-state index in [1.54, 1.807) is 6.92 Å². The lowest BCUT2D eigenvalue weighted by atomic mass is 9.86. The van der Waals surface area contributed by atoms with Gasteiger partial charge in [-0.3, -0.25) is 0 Å². The van der Waals surface area contributed by atoms with Crippen LogP contribution in [0.3, 0.4) is 0 Å². The Bertz CT molecular complexity index is 264. The summed E-state index contributed by atoms with van der Waals surface area (Å²) in [5.74, 6) is 0. The Labute approximate surface area is 80.4 Å². The second-order valence-corrected chi connectivity index (χ2v) is 4.55. The average Bonchev–Trinajstić information content (AvgIpc) is 2.03. The molecule has 0 aromatic heterocycles. The highest BCUT2D eigenvalue weighted by atomic mass is 16.3. The molecule has 1 atom stereocenters. The fourth-order valence-corrected chi connectivity index (χ4v) is 1.26. The summed E-state index contributed by atoms with van der Waals surface area (Å²) < 4.78 is 0. The lowest BCUT2D eigenvalue weighted by Crippen LogP contribution is -2.10. The Hall–Kier alpha value is -0.820. The van der Waals surface area contributed by atoms with Crippen LogP contribution in [0.5, 0.6) is 0 Å². The van der Waals surface area contributed by atoms with E-state index in [4.69, 9.17) is 0 Å². The SMILES string of the molecule is C[C@H](O)c1ccc(C(C)(C)C)cc1. The third-order valence-electron chi connectivity index (χ3n) is 2.26. The molecule has 0 fully saturated rings. The van der Waals surface area contributed by atoms with Crippen LogP contribution < -0.4 is 0 Å². The molecule has 0 unspecified atom stereocenters. The first kappa shape index (κ1) is 10.3. The summed E-state index contributed by atoms with van der Waals surface area (Å²) in [6.07, 6.45) is -0.367. The standard InChI is InChI=1S/C12H18O/c1-9(13)10-5-7-11(8-6-10)12(2,3)4/h5-9,13H,1-4H3/t9-/m0/s1. The summed E-state index contributed by atoms with van der Waals surface area (Å²) in [7, 11) is 0. The van der Waals surface area contributed by atoms with Crippen molar-refractivity contribution in [2.75, 3.05) is 0 Å². The van der Waals surface area contributed by atoms with Crippen molar-refractivity contribution in [2.45, 2.75) is 39.2 Å². The first-order chi connectivity index (χ1) is 5.91. The molecule has 0 aliphatic carbocycles. The van der Waals surface area contributed by atoms with E-state index >= 15 is 0 Å². The highest BCUT2D eigenvalue weighted by Crippen LogP contribution is 2.23. The van der Waals surface area contributed by atoms with Crippen LogP contribution in [0.2, 0.25) is 0 Å². The predicted octanol–water partition coefficient (Wildman–Crippen LogP) is 3.04. The molecule has 1 heteroatoms. The first-order valence-electron chi connectivity index (χ1n) is 4.70. The van der Waals surface area contributed by atoms with Gasteiger partial charge in [-0.25, -0.2) is 0 Å². The second kappa shape index (κ2) is 3.51. The molecule has 0 saturated carbocycles. The zero-order valence-corrected chi connectivity index (χ0v) is 8.83. The van der Waals surface area contributed by atoms with E-state index in [0.29, 0.717) is 0 Å². The molecular weight excluding hydrogens is 160 g/mol. The average molecular weight is 178 g/mol. The van der Waals surface area contributed by atoms with Gasteiger partial charge < -0.3 is 5.11 Å². The van der Waals surface area contributed by atoms with Crippen molar-refractivity contribution in [3.05, 3.63) is 35.4 Å². The van der Waals surface area contributed by atoms with Crippen LogP contribution in [0, 0.1) is 0 Å². The van der Waals surface area contributed by atoms with Crippen molar-refractivity contribution in [1.82, 2.24) is 0 Å². The number of hydrogen-bond acceptors (Lipinski definition) is 1. The maximum Gasteiger partial charge on any atom is 0.0761 e. The van der Waals surface area contributed by atoms with Gasteiger partial charge in [0.15, 0.2) is 0 Å². The summed E-state index contributed by atoms with van der Waals surface area (Å²) in [5, 5.41) is 9.32. The van der Waals surface area contributed by atoms with Crippen LogP contribution >= 0.6 is 0 Å². The third kappa shape index (κ3) is 2.56. The number of rotatable bonds is 1. The van der Waals surface area contributed by atoms with Crippen molar-refractivity contribution in [3.63, 3.8) is 0 Å². The largest absolute Gasteiger partial charge is 0.389 e. The van der Waals surface area contributed by atoms with Crippen LogP contribution in [0.15, 0.2) is 24.3 Å². The molecule has 72 valence electrons. The fraction of sp³-hybridized carbons (Fsp3) is 0.500. The van der Waals surface area contributed by atoms with Crippen molar-refractivity contribution < 1.29 is 5.11 Å². The number of benzene rings is 1. The van der Waals surface area contributed by atoms with Crippen molar-refractivity contribution in [2.24, 2.45) is 0 Å². The van der Waals surface area contributed by atoms with Gasteiger partial charge in [-0.15, -0.1) is 0 Å². The molecule has 1 aromatic carbocycles. The van der Waals surface area contributed by atoms with Gasteiger partial charge in [-0.1, -0.05) is 45.0 Å². The lowest BCUT2D eigenvalue weighted by molar-refractivity contribution is 0.199. The van der Waals surface area contributed by atoms with E-state index in [0.717, 1.165) is 5.56 Å². The Morgan fingerprint density at radius 2 is 1.54 bits per heavy atom. The number of aliphatic hydroxyl groups excluding tert-OH is 1. The Morgan fingerprint density at radius 1 is 1.08 bits per heavy atom. The number of hydrogen-bond donors (Lipinski definition) is 1. The van der Waals surface area contributed by atoms with Crippen LogP contribution in [-0.4, -0.2) is 5.11 Å². The highest BCUT2D eigenvalue weighted by molar-refractivity contribution is 5.28. The summed E-state index contributed by atoms with van der Waals surface area (Å²) in [5.41, 5.74) is 2.47. The van der Waals surface area contributed by atoms with Crippen LogP contribution in [-0.2, 0) is 5.41 Å². The van der Waals surface area contributed by atoms with E-state index in [-0.39, 0.29) is 11.5 Å². The van der Waals surface area contributed by atoms with Gasteiger partial charge in [-0.05, 0) is 23.5 Å². The monoisotopic (exact) mass is 178 g/mol. The van der Waals surface area contributed by atoms with E-state index in [1.165, 1.54) is 5.56 Å². The van der Waals surface area contributed by atoms with Gasteiger partial charge in [0.1, 0.15) is 0 Å². The van der Waals surface area contributed by atoms with Gasteiger partial charge >= 0.3 is 0 Å². The third-order valence-corrected chi connectivity index (χ3v) is 2.26. The van der Waals surface area contributed by atoms with E-state index in [1.807, 2.05) is 12.1 Å². The summed E-state index contributed by atoms with van der Waals surface area (Å²) in [6.45, 7) is 8.34. The van der Waals surface area contributed by atoms with Gasteiger partial charge in [-0.2, -0.15) is 0 Å². The molecular formula is C12H18O. The molecule has 0 heterocycles. The molecule has 0 saturated heterocycles.